The predicted molar refractivity (Wildman–Crippen MR) is 96.7 cm³/mol. The molecule has 1 N–H and O–H groups in total. The van der Waals surface area contributed by atoms with Crippen molar-refractivity contribution in [3.63, 3.8) is 0 Å². The van der Waals surface area contributed by atoms with E-state index in [1.807, 2.05) is 0 Å². The summed E-state index contributed by atoms with van der Waals surface area (Å²) in [6, 6.07) is 0. The molecular formula is C20H38O3. The number of rotatable bonds is 17. The Balaban J connectivity index is 3.77. The highest BCUT2D eigenvalue weighted by molar-refractivity contribution is 5.98. The highest BCUT2D eigenvalue weighted by Gasteiger charge is 2.24. The summed E-state index contributed by atoms with van der Waals surface area (Å²) in [5.74, 6) is -1.74. The van der Waals surface area contributed by atoms with Crippen LogP contribution in [0.2, 0.25) is 0 Å². The molecule has 0 saturated carbocycles. The fourth-order valence-corrected chi connectivity index (χ4v) is 2.98. The van der Waals surface area contributed by atoms with E-state index in [0.717, 1.165) is 32.1 Å². The third-order valence-corrected chi connectivity index (χ3v) is 4.56. The van der Waals surface area contributed by atoms with E-state index in [1.165, 1.54) is 51.4 Å². The molecule has 0 aliphatic carbocycles. The lowest BCUT2D eigenvalue weighted by molar-refractivity contribution is -0.146. The lowest BCUT2D eigenvalue weighted by Gasteiger charge is -2.11. The zero-order valence-electron chi connectivity index (χ0n) is 15.4. The Morgan fingerprint density at radius 1 is 0.696 bits per heavy atom. The average Bonchev–Trinajstić information content (AvgIpc) is 2.52. The monoisotopic (exact) mass is 326 g/mol. The van der Waals surface area contributed by atoms with Crippen molar-refractivity contribution in [1.82, 2.24) is 0 Å². The van der Waals surface area contributed by atoms with Gasteiger partial charge in [-0.1, -0.05) is 90.9 Å². The normalized spacial score (nSPS) is 12.3. The van der Waals surface area contributed by atoms with E-state index in [0.29, 0.717) is 12.8 Å². The minimum atomic E-state index is -0.925. The average molecular weight is 327 g/mol. The van der Waals surface area contributed by atoms with Crippen LogP contribution >= 0.6 is 0 Å². The molecule has 3 heteroatoms. The Labute approximate surface area is 143 Å². The Morgan fingerprint density at radius 3 is 1.61 bits per heavy atom. The van der Waals surface area contributed by atoms with E-state index in [2.05, 4.69) is 13.8 Å². The van der Waals surface area contributed by atoms with E-state index in [1.54, 1.807) is 0 Å². The van der Waals surface area contributed by atoms with Gasteiger partial charge in [0.2, 0.25) is 0 Å². The molecule has 23 heavy (non-hydrogen) atoms. The van der Waals surface area contributed by atoms with Gasteiger partial charge in [0.05, 0.1) is 0 Å². The molecule has 0 heterocycles. The van der Waals surface area contributed by atoms with Crippen LogP contribution in [0.1, 0.15) is 110 Å². The minimum Gasteiger partial charge on any atom is -0.481 e. The van der Waals surface area contributed by atoms with E-state index < -0.39 is 11.9 Å². The molecule has 0 aromatic heterocycles. The molecule has 1 unspecified atom stereocenters. The Kier molecular flexibility index (Phi) is 15.4. The molecular weight excluding hydrogens is 288 g/mol. The summed E-state index contributed by atoms with van der Waals surface area (Å²) in [7, 11) is 0. The molecule has 0 fully saturated rings. The summed E-state index contributed by atoms with van der Waals surface area (Å²) in [5, 5.41) is 9.26. The first-order chi connectivity index (χ1) is 11.1. The van der Waals surface area contributed by atoms with Gasteiger partial charge in [-0.25, -0.2) is 0 Å². The summed E-state index contributed by atoms with van der Waals surface area (Å²) in [6.45, 7) is 4.39. The molecule has 0 aliphatic rings. The number of carboxylic acids is 1. The largest absolute Gasteiger partial charge is 0.481 e. The molecule has 0 aromatic carbocycles. The minimum absolute atomic E-state index is 0.0559. The fourth-order valence-electron chi connectivity index (χ4n) is 2.98. The fraction of sp³-hybridized carbons (Fsp3) is 0.900. The maximum atomic E-state index is 12.1. The lowest BCUT2D eigenvalue weighted by Crippen LogP contribution is -2.23. The summed E-state index contributed by atoms with van der Waals surface area (Å²) in [6.07, 6.45) is 15.9. The lowest BCUT2D eigenvalue weighted by atomic mass is 9.93. The van der Waals surface area contributed by atoms with Crippen molar-refractivity contribution in [3.05, 3.63) is 0 Å². The third-order valence-electron chi connectivity index (χ3n) is 4.56. The van der Waals surface area contributed by atoms with Crippen molar-refractivity contribution in [2.24, 2.45) is 5.92 Å². The number of carbonyl (C=O) groups excluding carboxylic acids is 1. The number of ketones is 1. The molecule has 0 radical (unpaired) electrons. The first-order valence-electron chi connectivity index (χ1n) is 9.89. The number of hydrogen-bond donors (Lipinski definition) is 1. The van der Waals surface area contributed by atoms with Crippen LogP contribution in [0.4, 0.5) is 0 Å². The zero-order chi connectivity index (χ0) is 17.3. The van der Waals surface area contributed by atoms with Gasteiger partial charge < -0.3 is 5.11 Å². The molecule has 0 aliphatic heterocycles. The van der Waals surface area contributed by atoms with E-state index in [9.17, 15) is 14.7 Å². The van der Waals surface area contributed by atoms with Crippen LogP contribution in [0.5, 0.6) is 0 Å². The summed E-state index contributed by atoms with van der Waals surface area (Å²) in [5.41, 5.74) is 0. The molecule has 0 aromatic rings. The van der Waals surface area contributed by atoms with E-state index in [4.69, 9.17) is 0 Å². The van der Waals surface area contributed by atoms with Gasteiger partial charge >= 0.3 is 5.97 Å². The second-order valence-corrected chi connectivity index (χ2v) is 6.78. The van der Waals surface area contributed by atoms with Crippen molar-refractivity contribution >= 4 is 11.8 Å². The van der Waals surface area contributed by atoms with Gasteiger partial charge in [-0.2, -0.15) is 0 Å². The van der Waals surface area contributed by atoms with Crippen LogP contribution in [0.15, 0.2) is 0 Å². The molecule has 0 amide bonds. The van der Waals surface area contributed by atoms with Gasteiger partial charge in [-0.3, -0.25) is 9.59 Å². The van der Waals surface area contributed by atoms with Crippen molar-refractivity contribution in [1.29, 1.82) is 0 Å². The van der Waals surface area contributed by atoms with Crippen LogP contribution in [-0.4, -0.2) is 16.9 Å². The highest BCUT2D eigenvalue weighted by Crippen LogP contribution is 2.17. The Bertz CT molecular complexity index is 299. The first kappa shape index (κ1) is 22.1. The molecule has 0 spiro atoms. The maximum Gasteiger partial charge on any atom is 0.314 e. The van der Waals surface area contributed by atoms with Gasteiger partial charge in [-0.05, 0) is 12.8 Å². The first-order valence-corrected chi connectivity index (χ1v) is 9.89. The van der Waals surface area contributed by atoms with E-state index >= 15 is 0 Å². The van der Waals surface area contributed by atoms with Gasteiger partial charge in [0, 0.05) is 6.42 Å². The van der Waals surface area contributed by atoms with Gasteiger partial charge in [0.25, 0.3) is 0 Å². The summed E-state index contributed by atoms with van der Waals surface area (Å²) in [4.78, 5) is 23.4. The number of aliphatic carboxylic acids is 1. The zero-order valence-corrected chi connectivity index (χ0v) is 15.4. The van der Waals surface area contributed by atoms with Gasteiger partial charge in [0.15, 0.2) is 0 Å². The Hall–Kier alpha value is -0.860. The highest BCUT2D eigenvalue weighted by atomic mass is 16.4. The summed E-state index contributed by atoms with van der Waals surface area (Å²) >= 11 is 0. The number of Topliss-reactive ketones (excluding diaryl/α,β-unsaturated/α-hetero) is 1. The SMILES string of the molecule is CCCCCCCCCC(=O)C(CCCCCCCC)C(=O)O. The van der Waals surface area contributed by atoms with Crippen LogP contribution in [0, 0.1) is 5.92 Å². The van der Waals surface area contributed by atoms with Crippen molar-refractivity contribution < 1.29 is 14.7 Å². The topological polar surface area (TPSA) is 54.4 Å². The third kappa shape index (κ3) is 13.3. The molecule has 0 rings (SSSR count). The molecule has 0 saturated heterocycles. The van der Waals surface area contributed by atoms with Crippen molar-refractivity contribution in [3.8, 4) is 0 Å². The van der Waals surface area contributed by atoms with Gasteiger partial charge in [0.1, 0.15) is 11.7 Å². The van der Waals surface area contributed by atoms with Crippen molar-refractivity contribution in [2.45, 2.75) is 110 Å². The standard InChI is InChI=1S/C20H38O3/c1-3-5-7-9-11-13-15-17-19(21)18(20(22)23)16-14-12-10-8-6-4-2/h18H,3-17H2,1-2H3,(H,22,23). The maximum absolute atomic E-state index is 12.1. The Morgan fingerprint density at radius 2 is 1.13 bits per heavy atom. The molecule has 136 valence electrons. The molecule has 1 atom stereocenters. The van der Waals surface area contributed by atoms with Crippen LogP contribution < -0.4 is 0 Å². The predicted octanol–water partition coefficient (Wildman–Crippen LogP) is 6.15. The number of unbranched alkanes of at least 4 members (excludes halogenated alkanes) is 11. The summed E-state index contributed by atoms with van der Waals surface area (Å²) < 4.78 is 0. The molecule has 3 nitrogen and oxygen atoms in total. The van der Waals surface area contributed by atoms with Crippen molar-refractivity contribution in [2.75, 3.05) is 0 Å². The van der Waals surface area contributed by atoms with Crippen LogP contribution in [0.25, 0.3) is 0 Å². The van der Waals surface area contributed by atoms with Crippen LogP contribution in [0.3, 0.4) is 0 Å². The smallest absolute Gasteiger partial charge is 0.314 e. The van der Waals surface area contributed by atoms with Crippen LogP contribution in [-0.2, 0) is 9.59 Å². The van der Waals surface area contributed by atoms with Gasteiger partial charge in [-0.15, -0.1) is 0 Å². The second-order valence-electron chi connectivity index (χ2n) is 6.78. The quantitative estimate of drug-likeness (QED) is 0.258. The number of carbonyl (C=O) groups is 2. The van der Waals surface area contributed by atoms with E-state index in [-0.39, 0.29) is 5.78 Å². The second kappa shape index (κ2) is 16.0. The molecule has 0 bridgehead atoms. The number of hydrogen-bond acceptors (Lipinski definition) is 2. The number of carboxylic acid groups (broad SMARTS) is 1.